The maximum absolute atomic E-state index is 13.5. The normalized spacial score (nSPS) is 30.2. The zero-order valence-corrected chi connectivity index (χ0v) is 21.9. The van der Waals surface area contributed by atoms with Crippen molar-refractivity contribution in [3.8, 4) is 0 Å². The Kier molecular flexibility index (Phi) is 11.6. The predicted molar refractivity (Wildman–Crippen MR) is 132 cm³/mol. The van der Waals surface area contributed by atoms with E-state index in [1.54, 1.807) is 27.7 Å². The van der Waals surface area contributed by atoms with E-state index in [4.69, 9.17) is 15.2 Å². The second-order valence-electron chi connectivity index (χ2n) is 10.6. The topological polar surface area (TPSA) is 155 Å². The number of hydrogen-bond donors (Lipinski definition) is 5. The number of aliphatic hydroxyl groups excluding tert-OH is 3. The summed E-state index contributed by atoms with van der Waals surface area (Å²) in [4.78, 5) is 27.9. The van der Waals surface area contributed by atoms with Crippen molar-refractivity contribution in [3.05, 3.63) is 11.6 Å². The lowest BCUT2D eigenvalue weighted by Crippen LogP contribution is -2.65. The number of carbonyl (C=O) groups excluding carboxylic acids is 2. The Hall–Kier alpha value is -1.79. The van der Waals surface area contributed by atoms with Gasteiger partial charge in [0.2, 0.25) is 5.91 Å². The van der Waals surface area contributed by atoms with Crippen LogP contribution in [0.25, 0.3) is 0 Å². The van der Waals surface area contributed by atoms with Crippen LogP contribution in [0.1, 0.15) is 66.2 Å². The van der Waals surface area contributed by atoms with E-state index >= 15 is 0 Å². The minimum Gasteiger partial charge on any atom is -0.444 e. The van der Waals surface area contributed by atoms with E-state index in [1.165, 1.54) is 4.90 Å². The highest BCUT2D eigenvalue weighted by Gasteiger charge is 2.46. The van der Waals surface area contributed by atoms with Gasteiger partial charge in [0.1, 0.15) is 36.1 Å². The number of aliphatic hydroxyl groups is 3. The summed E-state index contributed by atoms with van der Waals surface area (Å²) in [5.74, 6) is -0.449. The molecule has 6 N–H and O–H groups in total. The van der Waals surface area contributed by atoms with Crippen LogP contribution < -0.4 is 11.1 Å². The largest absolute Gasteiger partial charge is 0.444 e. The predicted octanol–water partition coefficient (Wildman–Crippen LogP) is 1.16. The smallest absolute Gasteiger partial charge is 0.410 e. The van der Waals surface area contributed by atoms with Crippen LogP contribution in [-0.2, 0) is 14.3 Å². The fourth-order valence-corrected chi connectivity index (χ4v) is 4.59. The van der Waals surface area contributed by atoms with Crippen LogP contribution >= 0.6 is 0 Å². The molecule has 2 aliphatic rings. The number of amides is 2. The third-order valence-electron chi connectivity index (χ3n) is 6.64. The van der Waals surface area contributed by atoms with E-state index in [0.717, 1.165) is 5.57 Å². The molecule has 0 saturated carbocycles. The Bertz CT molecular complexity index is 758. The van der Waals surface area contributed by atoms with Crippen molar-refractivity contribution in [2.45, 2.75) is 114 Å². The lowest BCUT2D eigenvalue weighted by Gasteiger charge is -2.43. The third-order valence-corrected chi connectivity index (χ3v) is 6.64. The van der Waals surface area contributed by atoms with Gasteiger partial charge in [0.05, 0.1) is 18.8 Å². The number of nitrogens with zero attached hydrogens (tertiary/aromatic N) is 1. The van der Waals surface area contributed by atoms with Gasteiger partial charge in [-0.1, -0.05) is 18.6 Å². The van der Waals surface area contributed by atoms with Crippen molar-refractivity contribution in [1.82, 2.24) is 10.2 Å². The summed E-state index contributed by atoms with van der Waals surface area (Å²) >= 11 is 0. The molecule has 0 aliphatic carbocycles. The number of unbranched alkanes of at least 4 members (excludes halogenated alkanes) is 1. The first kappa shape index (κ1) is 30.4. The van der Waals surface area contributed by atoms with Gasteiger partial charge < -0.3 is 35.8 Å². The molecule has 7 unspecified atom stereocenters. The van der Waals surface area contributed by atoms with Crippen molar-refractivity contribution >= 4 is 12.0 Å². The molecule has 2 amide bonds. The summed E-state index contributed by atoms with van der Waals surface area (Å²) in [6.45, 7) is 6.86. The van der Waals surface area contributed by atoms with Gasteiger partial charge in [0, 0.05) is 13.1 Å². The first-order valence-electron chi connectivity index (χ1n) is 12.9. The monoisotopic (exact) mass is 517 g/mol. The van der Waals surface area contributed by atoms with E-state index in [0.29, 0.717) is 32.1 Å². The highest BCUT2D eigenvalue weighted by atomic mass is 19.1. The van der Waals surface area contributed by atoms with Crippen molar-refractivity contribution in [1.29, 1.82) is 0 Å². The molecule has 2 aliphatic heterocycles. The van der Waals surface area contributed by atoms with Gasteiger partial charge in [-0.05, 0) is 59.3 Å². The quantitative estimate of drug-likeness (QED) is 0.225. The zero-order chi connectivity index (χ0) is 27.0. The fourth-order valence-electron chi connectivity index (χ4n) is 4.59. The van der Waals surface area contributed by atoms with E-state index < -0.39 is 60.2 Å². The summed E-state index contributed by atoms with van der Waals surface area (Å²) in [7, 11) is 0. The molecule has 0 bridgehead atoms. The molecule has 0 radical (unpaired) electrons. The number of rotatable bonds is 9. The molecule has 0 aromatic rings. The van der Waals surface area contributed by atoms with Crippen molar-refractivity contribution in [3.63, 3.8) is 0 Å². The molecular weight excluding hydrogens is 473 g/mol. The second-order valence-corrected chi connectivity index (χ2v) is 10.6. The first-order valence-corrected chi connectivity index (χ1v) is 12.9. The number of hydrogen-bond acceptors (Lipinski definition) is 8. The van der Waals surface area contributed by atoms with Crippen LogP contribution in [0.5, 0.6) is 0 Å². The Labute approximate surface area is 213 Å². The Morgan fingerprint density at radius 3 is 2.53 bits per heavy atom. The number of ether oxygens (including phenoxy) is 2. The number of carbonyl (C=O) groups is 2. The molecule has 7 atom stereocenters. The summed E-state index contributed by atoms with van der Waals surface area (Å²) < 4.78 is 23.9. The molecule has 0 aromatic heterocycles. The molecule has 1 saturated heterocycles. The Balaban J connectivity index is 2.22. The average molecular weight is 518 g/mol. The minimum absolute atomic E-state index is 0.0726. The summed E-state index contributed by atoms with van der Waals surface area (Å²) in [5, 5.41) is 33.8. The molecule has 10 nitrogen and oxygen atoms in total. The van der Waals surface area contributed by atoms with Crippen LogP contribution in [0, 0.1) is 0 Å². The molecule has 36 heavy (non-hydrogen) atoms. The Morgan fingerprint density at radius 2 is 1.94 bits per heavy atom. The lowest BCUT2D eigenvalue weighted by molar-refractivity contribution is -0.226. The minimum atomic E-state index is -1.48. The molecule has 208 valence electrons. The molecule has 11 heteroatoms. The van der Waals surface area contributed by atoms with Gasteiger partial charge in [-0.3, -0.25) is 14.1 Å². The number of halogens is 1. The zero-order valence-electron chi connectivity index (χ0n) is 21.9. The SMILES string of the molecule is CCC(NC(=O)C1CC=C(CCCCF)CCN1C(=O)OC(C)(C)C)C1OC(CN)C(O)C(O)C1O. The maximum Gasteiger partial charge on any atom is 0.410 e. The van der Waals surface area contributed by atoms with E-state index in [2.05, 4.69) is 5.32 Å². The second kappa shape index (κ2) is 13.7. The summed E-state index contributed by atoms with van der Waals surface area (Å²) in [6, 6.07) is -1.57. The molecule has 2 rings (SSSR count). The van der Waals surface area contributed by atoms with E-state index in [-0.39, 0.29) is 26.2 Å². The van der Waals surface area contributed by atoms with Crippen LogP contribution in [0.4, 0.5) is 9.18 Å². The van der Waals surface area contributed by atoms with Crippen LogP contribution in [0.3, 0.4) is 0 Å². The van der Waals surface area contributed by atoms with Crippen molar-refractivity contribution < 1.29 is 38.8 Å². The Morgan fingerprint density at radius 1 is 1.25 bits per heavy atom. The molecular formula is C25H44FN3O7. The summed E-state index contributed by atoms with van der Waals surface area (Å²) in [5.41, 5.74) is 5.96. The van der Waals surface area contributed by atoms with E-state index in [9.17, 15) is 29.3 Å². The van der Waals surface area contributed by atoms with Crippen molar-refractivity contribution in [2.24, 2.45) is 5.73 Å². The fraction of sp³-hybridized carbons (Fsp3) is 0.840. The summed E-state index contributed by atoms with van der Waals surface area (Å²) in [6.07, 6.45) is -1.82. The molecule has 0 spiro atoms. The third kappa shape index (κ3) is 8.11. The van der Waals surface area contributed by atoms with Gasteiger partial charge >= 0.3 is 6.09 Å². The highest BCUT2D eigenvalue weighted by Crippen LogP contribution is 2.26. The number of nitrogens with two attached hydrogens (primary N) is 1. The molecule has 1 fully saturated rings. The van der Waals surface area contributed by atoms with Crippen LogP contribution in [0.2, 0.25) is 0 Å². The average Bonchev–Trinajstić information content (AvgIpc) is 3.03. The van der Waals surface area contributed by atoms with Gasteiger partial charge in [-0.25, -0.2) is 4.79 Å². The number of nitrogens with one attached hydrogen (secondary N) is 1. The molecule has 2 heterocycles. The van der Waals surface area contributed by atoms with Crippen molar-refractivity contribution in [2.75, 3.05) is 19.8 Å². The highest BCUT2D eigenvalue weighted by molar-refractivity contribution is 5.86. The van der Waals surface area contributed by atoms with Crippen LogP contribution in [0.15, 0.2) is 11.6 Å². The van der Waals surface area contributed by atoms with Gasteiger partial charge in [-0.2, -0.15) is 0 Å². The van der Waals surface area contributed by atoms with E-state index in [1.807, 2.05) is 6.08 Å². The van der Waals surface area contributed by atoms with Gasteiger partial charge in [0.15, 0.2) is 0 Å². The lowest BCUT2D eigenvalue weighted by atomic mass is 9.90. The van der Waals surface area contributed by atoms with Crippen LogP contribution in [-0.4, -0.2) is 100 Å². The first-order chi connectivity index (χ1) is 16.9. The number of alkyl halides is 1. The standard InChI is InChI=1S/C25H44FN3O7/c1-5-16(22-21(32)20(31)19(30)18(14-27)35-22)28-23(33)17-10-9-15(8-6-7-12-26)11-13-29(17)24(34)36-25(2,3)4/h9,16-22,30-32H,5-8,10-14,27H2,1-4H3,(H,28,33). The maximum atomic E-state index is 13.5. The molecule has 0 aromatic carbocycles. The van der Waals surface area contributed by atoms with Gasteiger partial charge in [0.25, 0.3) is 0 Å². The van der Waals surface area contributed by atoms with Gasteiger partial charge in [-0.15, -0.1) is 0 Å².